The van der Waals surface area contributed by atoms with E-state index in [1.54, 1.807) is 0 Å². The quantitative estimate of drug-likeness (QED) is 0.197. The highest BCUT2D eigenvalue weighted by molar-refractivity contribution is 6.31. The molecule has 1 amide bonds. The van der Waals surface area contributed by atoms with Gasteiger partial charge in [0, 0.05) is 24.5 Å². The first-order valence-electron chi connectivity index (χ1n) is 12.8. The first-order valence-corrected chi connectivity index (χ1v) is 13.2. The largest absolute Gasteiger partial charge is 0.494 e. The van der Waals surface area contributed by atoms with Gasteiger partial charge in [0.2, 0.25) is 5.91 Å². The third kappa shape index (κ3) is 7.59. The Kier molecular flexibility index (Phi) is 9.80. The zero-order valence-electron chi connectivity index (χ0n) is 20.7. The van der Waals surface area contributed by atoms with Crippen LogP contribution in [0.25, 0.3) is 11.0 Å². The monoisotopic (exact) mass is 503 g/mol. The number of rotatable bonds is 14. The van der Waals surface area contributed by atoms with Crippen LogP contribution in [0, 0.1) is 0 Å². The highest BCUT2D eigenvalue weighted by atomic mass is 35.5. The van der Waals surface area contributed by atoms with Crippen LogP contribution in [0.2, 0.25) is 5.02 Å². The number of hydrogen-bond donors (Lipinski definition) is 1. The maximum atomic E-state index is 12.2. The molecular formula is C30H34ClN3O2. The molecule has 4 aromatic rings. The number of carbonyl (C=O) groups excluding carboxylic acids is 1. The lowest BCUT2D eigenvalue weighted by molar-refractivity contribution is -0.120. The van der Waals surface area contributed by atoms with E-state index in [1.165, 1.54) is 5.52 Å². The van der Waals surface area contributed by atoms with Crippen molar-refractivity contribution >= 4 is 28.5 Å². The average Bonchev–Trinajstić information content (AvgIpc) is 3.25. The summed E-state index contributed by atoms with van der Waals surface area (Å²) in [6.07, 6.45) is 6.32. The van der Waals surface area contributed by atoms with Gasteiger partial charge in [-0.3, -0.25) is 4.79 Å². The number of hydrogen-bond acceptors (Lipinski definition) is 3. The zero-order valence-corrected chi connectivity index (χ0v) is 21.4. The van der Waals surface area contributed by atoms with Gasteiger partial charge in [-0.25, -0.2) is 4.98 Å². The number of carbonyl (C=O) groups is 1. The van der Waals surface area contributed by atoms with Crippen molar-refractivity contribution in [3.8, 4) is 5.75 Å². The molecule has 0 fully saturated rings. The topological polar surface area (TPSA) is 56.2 Å². The van der Waals surface area contributed by atoms with Crippen LogP contribution in [-0.4, -0.2) is 28.6 Å². The third-order valence-electron chi connectivity index (χ3n) is 6.23. The number of fused-ring (bicyclic) bond motifs is 1. The van der Waals surface area contributed by atoms with Crippen LogP contribution in [0.15, 0.2) is 78.9 Å². The Balaban J connectivity index is 1.19. The van der Waals surface area contributed by atoms with E-state index in [0.29, 0.717) is 24.6 Å². The van der Waals surface area contributed by atoms with Crippen LogP contribution in [0.1, 0.15) is 43.5 Å². The number of aromatic nitrogens is 2. The van der Waals surface area contributed by atoms with Crippen molar-refractivity contribution in [2.24, 2.45) is 0 Å². The molecule has 6 heteroatoms. The molecule has 0 radical (unpaired) electrons. The highest BCUT2D eigenvalue weighted by Crippen LogP contribution is 2.19. The Hall–Kier alpha value is -3.31. The van der Waals surface area contributed by atoms with Crippen molar-refractivity contribution < 1.29 is 9.53 Å². The van der Waals surface area contributed by atoms with E-state index in [9.17, 15) is 4.79 Å². The number of imidazole rings is 1. The third-order valence-corrected chi connectivity index (χ3v) is 6.60. The van der Waals surface area contributed by atoms with Crippen LogP contribution >= 0.6 is 11.6 Å². The Morgan fingerprint density at radius 1 is 0.861 bits per heavy atom. The molecule has 0 saturated carbocycles. The number of ether oxygens (including phenoxy) is 1. The van der Waals surface area contributed by atoms with E-state index in [2.05, 4.69) is 28.1 Å². The lowest BCUT2D eigenvalue weighted by atomic mass is 10.1. The van der Waals surface area contributed by atoms with Crippen LogP contribution in [-0.2, 0) is 24.2 Å². The molecular weight excluding hydrogens is 470 g/mol. The predicted octanol–water partition coefficient (Wildman–Crippen LogP) is 6.62. The van der Waals surface area contributed by atoms with Gasteiger partial charge in [-0.1, -0.05) is 66.6 Å². The minimum atomic E-state index is 0.0149. The molecule has 0 saturated heterocycles. The van der Waals surface area contributed by atoms with Crippen molar-refractivity contribution in [1.82, 2.24) is 14.9 Å². The smallest absolute Gasteiger partial charge is 0.224 e. The van der Waals surface area contributed by atoms with Gasteiger partial charge >= 0.3 is 0 Å². The lowest BCUT2D eigenvalue weighted by Gasteiger charge is -2.10. The van der Waals surface area contributed by atoms with Crippen molar-refractivity contribution in [1.29, 1.82) is 0 Å². The summed E-state index contributed by atoms with van der Waals surface area (Å²) in [5, 5.41) is 3.65. The second-order valence-electron chi connectivity index (χ2n) is 8.97. The molecule has 5 nitrogen and oxygen atoms in total. The Morgan fingerprint density at radius 2 is 1.64 bits per heavy atom. The van der Waals surface area contributed by atoms with Gasteiger partial charge in [-0.15, -0.1) is 0 Å². The average molecular weight is 504 g/mol. The van der Waals surface area contributed by atoms with E-state index < -0.39 is 0 Å². The first kappa shape index (κ1) is 25.8. The molecule has 0 aliphatic heterocycles. The van der Waals surface area contributed by atoms with Crippen LogP contribution < -0.4 is 10.1 Å². The highest BCUT2D eigenvalue weighted by Gasteiger charge is 2.10. The van der Waals surface area contributed by atoms with Crippen molar-refractivity contribution in [3.63, 3.8) is 0 Å². The number of amides is 1. The molecule has 3 aromatic carbocycles. The molecule has 0 atom stereocenters. The maximum Gasteiger partial charge on any atom is 0.224 e. The molecule has 0 spiro atoms. The Morgan fingerprint density at radius 3 is 2.50 bits per heavy atom. The molecule has 1 N–H and O–H groups in total. The number of aryl methyl sites for hydroxylation is 2. The fourth-order valence-electron chi connectivity index (χ4n) is 4.33. The Bertz CT molecular complexity index is 1240. The lowest BCUT2D eigenvalue weighted by Crippen LogP contribution is -2.26. The SMILES string of the molecule is O=C(Cc1ccccc1Cl)NCCCCCc1nc2ccccc2n1CCCCOc1ccccc1. The van der Waals surface area contributed by atoms with Gasteiger partial charge in [-0.2, -0.15) is 0 Å². The van der Waals surface area contributed by atoms with E-state index in [1.807, 2.05) is 60.7 Å². The number of nitrogens with one attached hydrogen (secondary N) is 1. The summed E-state index contributed by atoms with van der Waals surface area (Å²) in [6.45, 7) is 2.33. The second kappa shape index (κ2) is 13.7. The van der Waals surface area contributed by atoms with Gasteiger partial charge < -0.3 is 14.6 Å². The summed E-state index contributed by atoms with van der Waals surface area (Å²) in [4.78, 5) is 17.1. The molecule has 0 unspecified atom stereocenters. The van der Waals surface area contributed by atoms with Crippen LogP contribution in [0.4, 0.5) is 0 Å². The van der Waals surface area contributed by atoms with E-state index in [-0.39, 0.29) is 5.91 Å². The van der Waals surface area contributed by atoms with E-state index in [4.69, 9.17) is 21.3 Å². The summed E-state index contributed by atoms with van der Waals surface area (Å²) >= 11 is 6.15. The molecule has 0 aliphatic rings. The fraction of sp³-hybridized carbons (Fsp3) is 0.333. The number of nitrogens with zero attached hydrogens (tertiary/aromatic N) is 2. The van der Waals surface area contributed by atoms with Gasteiger partial charge in [0.05, 0.1) is 24.1 Å². The zero-order chi connectivity index (χ0) is 25.0. The summed E-state index contributed by atoms with van der Waals surface area (Å²) in [7, 11) is 0. The second-order valence-corrected chi connectivity index (χ2v) is 9.37. The molecule has 4 rings (SSSR count). The predicted molar refractivity (Wildman–Crippen MR) is 147 cm³/mol. The summed E-state index contributed by atoms with van der Waals surface area (Å²) in [5.41, 5.74) is 3.12. The van der Waals surface area contributed by atoms with Gasteiger partial charge in [0.1, 0.15) is 11.6 Å². The van der Waals surface area contributed by atoms with Gasteiger partial charge in [0.25, 0.3) is 0 Å². The van der Waals surface area contributed by atoms with Crippen molar-refractivity contribution in [2.45, 2.75) is 51.5 Å². The van der Waals surface area contributed by atoms with E-state index in [0.717, 1.165) is 67.7 Å². The first-order chi connectivity index (χ1) is 17.7. The van der Waals surface area contributed by atoms with Crippen molar-refractivity contribution in [3.05, 3.63) is 95.3 Å². The molecule has 0 bridgehead atoms. The summed E-state index contributed by atoms with van der Waals surface area (Å²) in [5.74, 6) is 2.08. The number of benzene rings is 3. The normalized spacial score (nSPS) is 11.0. The minimum absolute atomic E-state index is 0.0149. The molecule has 1 aromatic heterocycles. The van der Waals surface area contributed by atoms with Gasteiger partial charge in [-0.05, 0) is 61.6 Å². The maximum absolute atomic E-state index is 12.2. The standard InChI is InChI=1S/C30H34ClN3O2/c31-26-16-7-6-13-24(26)23-30(35)32-20-10-2-5-19-29-33-27-17-8-9-18-28(27)34(29)21-11-12-22-36-25-14-3-1-4-15-25/h1,3-4,6-9,13-18H,2,5,10-12,19-23H2,(H,32,35). The molecule has 0 aliphatic carbocycles. The van der Waals surface area contributed by atoms with Crippen LogP contribution in [0.5, 0.6) is 5.75 Å². The summed E-state index contributed by atoms with van der Waals surface area (Å²) < 4.78 is 8.20. The number of para-hydroxylation sites is 3. The number of unbranched alkanes of at least 4 members (excludes halogenated alkanes) is 3. The number of halogens is 1. The fourth-order valence-corrected chi connectivity index (χ4v) is 4.54. The molecule has 36 heavy (non-hydrogen) atoms. The van der Waals surface area contributed by atoms with Crippen LogP contribution in [0.3, 0.4) is 0 Å². The van der Waals surface area contributed by atoms with E-state index >= 15 is 0 Å². The minimum Gasteiger partial charge on any atom is -0.494 e. The summed E-state index contributed by atoms with van der Waals surface area (Å²) in [6, 6.07) is 25.8. The van der Waals surface area contributed by atoms with Crippen molar-refractivity contribution in [2.75, 3.05) is 13.2 Å². The molecule has 188 valence electrons. The molecule has 1 heterocycles. The Labute approximate surface area is 218 Å². The van der Waals surface area contributed by atoms with Gasteiger partial charge in [0.15, 0.2) is 0 Å².